The molecule has 14 heavy (non-hydrogen) atoms. The summed E-state index contributed by atoms with van der Waals surface area (Å²) in [5, 5.41) is 0. The van der Waals surface area contributed by atoms with Crippen LogP contribution in [0, 0.1) is 23.7 Å². The third-order valence-corrected chi connectivity index (χ3v) is 4.63. The lowest BCUT2D eigenvalue weighted by Gasteiger charge is -2.24. The molecule has 0 spiro atoms. The highest BCUT2D eigenvalue weighted by atomic mass is 14.3. The molecule has 2 rings (SSSR count). The SMILES string of the molecule is CC1CCC(C)CC(C2CCCC2)C1. The molecule has 0 aromatic heterocycles. The van der Waals surface area contributed by atoms with Crippen molar-refractivity contribution in [3.8, 4) is 0 Å². The summed E-state index contributed by atoms with van der Waals surface area (Å²) >= 11 is 0. The van der Waals surface area contributed by atoms with Gasteiger partial charge in [-0.15, -0.1) is 0 Å². The van der Waals surface area contributed by atoms with Crippen LogP contribution in [0.2, 0.25) is 0 Å². The second kappa shape index (κ2) is 4.68. The highest BCUT2D eigenvalue weighted by Crippen LogP contribution is 2.41. The van der Waals surface area contributed by atoms with Crippen LogP contribution in [0.1, 0.15) is 65.2 Å². The molecule has 0 aromatic rings. The van der Waals surface area contributed by atoms with Crippen LogP contribution in [-0.4, -0.2) is 0 Å². The summed E-state index contributed by atoms with van der Waals surface area (Å²) in [7, 11) is 0. The van der Waals surface area contributed by atoms with Gasteiger partial charge in [0, 0.05) is 0 Å². The molecule has 0 bridgehead atoms. The van der Waals surface area contributed by atoms with Crippen LogP contribution in [0.5, 0.6) is 0 Å². The first kappa shape index (κ1) is 10.5. The fourth-order valence-corrected chi connectivity index (χ4v) is 3.75. The van der Waals surface area contributed by atoms with E-state index in [-0.39, 0.29) is 0 Å². The molecular formula is C14H26. The lowest BCUT2D eigenvalue weighted by molar-refractivity contribution is 0.260. The normalized spacial score (nSPS) is 41.1. The summed E-state index contributed by atoms with van der Waals surface area (Å²) in [6, 6.07) is 0. The molecule has 0 heteroatoms. The summed E-state index contributed by atoms with van der Waals surface area (Å²) < 4.78 is 0. The Morgan fingerprint density at radius 1 is 0.643 bits per heavy atom. The molecule has 2 unspecified atom stereocenters. The molecule has 0 aliphatic heterocycles. The van der Waals surface area contributed by atoms with E-state index in [1.165, 1.54) is 38.5 Å². The summed E-state index contributed by atoms with van der Waals surface area (Å²) in [4.78, 5) is 0. The Kier molecular flexibility index (Phi) is 3.52. The van der Waals surface area contributed by atoms with Gasteiger partial charge in [0.1, 0.15) is 0 Å². The average Bonchev–Trinajstić information content (AvgIpc) is 2.61. The zero-order chi connectivity index (χ0) is 9.97. The summed E-state index contributed by atoms with van der Waals surface area (Å²) in [5.41, 5.74) is 0. The average molecular weight is 194 g/mol. The Morgan fingerprint density at radius 2 is 1.14 bits per heavy atom. The maximum absolute atomic E-state index is 2.47. The Hall–Kier alpha value is 0. The van der Waals surface area contributed by atoms with E-state index in [2.05, 4.69) is 13.8 Å². The topological polar surface area (TPSA) is 0 Å². The van der Waals surface area contributed by atoms with Gasteiger partial charge in [0.15, 0.2) is 0 Å². The first-order valence-corrected chi connectivity index (χ1v) is 6.75. The monoisotopic (exact) mass is 194 g/mol. The van der Waals surface area contributed by atoms with E-state index in [0.717, 1.165) is 23.7 Å². The molecule has 0 radical (unpaired) electrons. The van der Waals surface area contributed by atoms with Crippen molar-refractivity contribution >= 4 is 0 Å². The molecule has 2 saturated carbocycles. The smallest absolute Gasteiger partial charge is 0.0381 e. The van der Waals surface area contributed by atoms with Gasteiger partial charge in [-0.1, -0.05) is 52.4 Å². The van der Waals surface area contributed by atoms with Crippen molar-refractivity contribution in [3.05, 3.63) is 0 Å². The van der Waals surface area contributed by atoms with Crippen LogP contribution in [0.3, 0.4) is 0 Å². The highest BCUT2D eigenvalue weighted by Gasteiger charge is 2.29. The van der Waals surface area contributed by atoms with Crippen molar-refractivity contribution in [3.63, 3.8) is 0 Å². The molecule has 2 aliphatic carbocycles. The Balaban J connectivity index is 1.93. The lowest BCUT2D eigenvalue weighted by atomic mass is 9.81. The molecule has 0 saturated heterocycles. The minimum Gasteiger partial charge on any atom is -0.0625 e. The first-order valence-electron chi connectivity index (χ1n) is 6.75. The van der Waals surface area contributed by atoms with Crippen LogP contribution in [0.15, 0.2) is 0 Å². The lowest BCUT2D eigenvalue weighted by Crippen LogP contribution is -2.14. The standard InChI is InChI=1S/C14H26/c1-11-7-8-12(2)10-14(9-11)13-5-3-4-6-13/h11-14H,3-10H2,1-2H3. The molecular weight excluding hydrogens is 168 g/mol. The molecule has 2 fully saturated rings. The van der Waals surface area contributed by atoms with Gasteiger partial charge in [-0.3, -0.25) is 0 Å². The van der Waals surface area contributed by atoms with Crippen molar-refractivity contribution in [1.82, 2.24) is 0 Å². The van der Waals surface area contributed by atoms with E-state index in [1.807, 2.05) is 0 Å². The van der Waals surface area contributed by atoms with E-state index in [0.29, 0.717) is 0 Å². The summed E-state index contributed by atoms with van der Waals surface area (Å²) in [6.45, 7) is 4.94. The van der Waals surface area contributed by atoms with Gasteiger partial charge in [-0.2, -0.15) is 0 Å². The molecule has 82 valence electrons. The third-order valence-electron chi connectivity index (χ3n) is 4.63. The van der Waals surface area contributed by atoms with E-state index in [4.69, 9.17) is 0 Å². The summed E-state index contributed by atoms with van der Waals surface area (Å²) in [5.74, 6) is 4.21. The van der Waals surface area contributed by atoms with Crippen LogP contribution < -0.4 is 0 Å². The minimum atomic E-state index is 1.01. The molecule has 0 aromatic carbocycles. The van der Waals surface area contributed by atoms with Crippen LogP contribution in [-0.2, 0) is 0 Å². The second-order valence-corrected chi connectivity index (χ2v) is 6.06. The maximum Gasteiger partial charge on any atom is -0.0381 e. The van der Waals surface area contributed by atoms with Crippen molar-refractivity contribution < 1.29 is 0 Å². The first-order chi connectivity index (χ1) is 6.75. The van der Waals surface area contributed by atoms with Gasteiger partial charge in [0.2, 0.25) is 0 Å². The molecule has 0 heterocycles. The summed E-state index contributed by atoms with van der Waals surface area (Å²) in [6.07, 6.45) is 12.2. The minimum absolute atomic E-state index is 1.01. The largest absolute Gasteiger partial charge is 0.0625 e. The van der Waals surface area contributed by atoms with Crippen LogP contribution in [0.25, 0.3) is 0 Å². The van der Waals surface area contributed by atoms with E-state index >= 15 is 0 Å². The van der Waals surface area contributed by atoms with Crippen molar-refractivity contribution in [1.29, 1.82) is 0 Å². The van der Waals surface area contributed by atoms with Crippen LogP contribution >= 0.6 is 0 Å². The molecule has 2 aliphatic rings. The van der Waals surface area contributed by atoms with Crippen molar-refractivity contribution in [2.45, 2.75) is 65.2 Å². The predicted octanol–water partition coefficient (Wildman–Crippen LogP) is 4.64. The van der Waals surface area contributed by atoms with E-state index < -0.39 is 0 Å². The molecule has 0 nitrogen and oxygen atoms in total. The van der Waals surface area contributed by atoms with Gasteiger partial charge in [-0.05, 0) is 36.5 Å². The fraction of sp³-hybridized carbons (Fsp3) is 1.00. The highest BCUT2D eigenvalue weighted by molar-refractivity contribution is 4.80. The van der Waals surface area contributed by atoms with Gasteiger partial charge >= 0.3 is 0 Å². The number of hydrogen-bond donors (Lipinski definition) is 0. The molecule has 2 atom stereocenters. The molecule has 0 amide bonds. The number of hydrogen-bond acceptors (Lipinski definition) is 0. The second-order valence-electron chi connectivity index (χ2n) is 6.06. The van der Waals surface area contributed by atoms with Gasteiger partial charge < -0.3 is 0 Å². The Morgan fingerprint density at radius 3 is 1.64 bits per heavy atom. The van der Waals surface area contributed by atoms with Crippen molar-refractivity contribution in [2.24, 2.45) is 23.7 Å². The zero-order valence-electron chi connectivity index (χ0n) is 9.97. The zero-order valence-corrected chi connectivity index (χ0v) is 9.97. The quantitative estimate of drug-likeness (QED) is 0.533. The maximum atomic E-state index is 2.47. The Bertz CT molecular complexity index is 155. The van der Waals surface area contributed by atoms with E-state index in [1.54, 1.807) is 12.8 Å². The van der Waals surface area contributed by atoms with Gasteiger partial charge in [0.25, 0.3) is 0 Å². The number of rotatable bonds is 1. The third kappa shape index (κ3) is 2.52. The fourth-order valence-electron chi connectivity index (χ4n) is 3.75. The van der Waals surface area contributed by atoms with Crippen LogP contribution in [0.4, 0.5) is 0 Å². The Labute approximate surface area is 89.5 Å². The van der Waals surface area contributed by atoms with E-state index in [9.17, 15) is 0 Å². The predicted molar refractivity (Wildman–Crippen MR) is 62.2 cm³/mol. The molecule has 0 N–H and O–H groups in total. The van der Waals surface area contributed by atoms with Gasteiger partial charge in [0.05, 0.1) is 0 Å². The van der Waals surface area contributed by atoms with Crippen molar-refractivity contribution in [2.75, 3.05) is 0 Å². The van der Waals surface area contributed by atoms with Gasteiger partial charge in [-0.25, -0.2) is 0 Å².